The van der Waals surface area contributed by atoms with E-state index in [1.165, 1.54) is 0 Å². The second kappa shape index (κ2) is 15.3. The molecule has 1 fully saturated rings. The number of nitrogens with zero attached hydrogens (tertiary/aromatic N) is 4. The number of rotatable bonds is 14. The fraction of sp³-hybridized carbons (Fsp3) is 0.519. The average Bonchev–Trinajstić information content (AvgIpc) is 2.93. The molecule has 0 saturated carbocycles. The highest BCUT2D eigenvalue weighted by molar-refractivity contribution is 6.29. The molecule has 0 spiro atoms. The third kappa shape index (κ3) is 7.80. The summed E-state index contributed by atoms with van der Waals surface area (Å²) in [6.45, 7) is 5.57. The fourth-order valence-corrected chi connectivity index (χ4v) is 3.92. The summed E-state index contributed by atoms with van der Waals surface area (Å²) in [5, 5.41) is 10.7. The number of carbonyl (C=O) groups is 5. The van der Waals surface area contributed by atoms with Crippen LogP contribution in [0.4, 0.5) is 4.79 Å². The minimum atomic E-state index is -1.04. The quantitative estimate of drug-likeness (QED) is 0.192. The van der Waals surface area contributed by atoms with Crippen LogP contribution in [0.1, 0.15) is 58.9 Å². The lowest BCUT2D eigenvalue weighted by atomic mass is 10.1. The van der Waals surface area contributed by atoms with E-state index in [1.807, 2.05) is 13.8 Å². The predicted octanol–water partition coefficient (Wildman–Crippen LogP) is 1.17. The summed E-state index contributed by atoms with van der Waals surface area (Å²) in [5.41, 5.74) is -2.59. The van der Waals surface area contributed by atoms with Gasteiger partial charge in [0.1, 0.15) is 24.2 Å². The van der Waals surface area contributed by atoms with Crippen molar-refractivity contribution in [2.75, 3.05) is 26.3 Å². The number of esters is 2. The number of barbiturate groups is 1. The summed E-state index contributed by atoms with van der Waals surface area (Å²) in [5.74, 6) is -4.38. The average molecular weight is 577 g/mol. The minimum absolute atomic E-state index is 0.00354. The van der Waals surface area contributed by atoms with E-state index in [0.717, 1.165) is 27.7 Å². The summed E-state index contributed by atoms with van der Waals surface area (Å²) < 4.78 is 11.3. The third-order valence-corrected chi connectivity index (χ3v) is 6.03. The van der Waals surface area contributed by atoms with Crippen LogP contribution in [-0.2, 0) is 41.7 Å². The molecular weight excluding hydrogens is 540 g/mol. The lowest BCUT2D eigenvalue weighted by Gasteiger charge is -2.33. The fourth-order valence-electron chi connectivity index (χ4n) is 3.92. The van der Waals surface area contributed by atoms with Crippen molar-refractivity contribution in [3.05, 3.63) is 44.1 Å². The van der Waals surface area contributed by atoms with Crippen molar-refractivity contribution in [2.24, 2.45) is 0 Å². The van der Waals surface area contributed by atoms with Gasteiger partial charge in [-0.3, -0.25) is 38.0 Å². The Hall–Kier alpha value is -4.49. The zero-order valence-electron chi connectivity index (χ0n) is 23.7. The maximum absolute atomic E-state index is 13.1. The lowest BCUT2D eigenvalue weighted by molar-refractivity contribution is -0.148. The predicted molar refractivity (Wildman–Crippen MR) is 146 cm³/mol. The topological polar surface area (TPSA) is 175 Å². The van der Waals surface area contributed by atoms with Crippen LogP contribution in [0.3, 0.4) is 0 Å². The highest BCUT2D eigenvalue weighted by Gasteiger charge is 2.42. The first-order chi connectivity index (χ1) is 19.5. The van der Waals surface area contributed by atoms with Gasteiger partial charge in [0.05, 0.1) is 13.2 Å². The van der Waals surface area contributed by atoms with E-state index in [-0.39, 0.29) is 31.9 Å². The van der Waals surface area contributed by atoms with Gasteiger partial charge in [0.25, 0.3) is 17.4 Å². The molecule has 1 N–H and O–H groups in total. The monoisotopic (exact) mass is 576 g/mol. The Labute approximate surface area is 236 Å². The highest BCUT2D eigenvalue weighted by Crippen LogP contribution is 2.20. The second-order valence-corrected chi connectivity index (χ2v) is 8.95. The number of aromatic nitrogens is 2. The van der Waals surface area contributed by atoms with Crippen LogP contribution < -0.4 is 11.2 Å². The standard InChI is InChI=1S/C27H36N4O10/c1-5-9-14-28-22(34)18(24(36)30(26(28)38)16-20(32)40-7-3)12-11-13-19-23(35)29(15-10-6-2)27(39)31(25(19)37)17-21(33)41-8-4/h11-13,36H,5-10,14-17H2,1-4H3/b12-11+,19-13-. The van der Waals surface area contributed by atoms with E-state index in [0.29, 0.717) is 35.2 Å². The second-order valence-electron chi connectivity index (χ2n) is 8.95. The third-order valence-electron chi connectivity index (χ3n) is 6.03. The zero-order valence-corrected chi connectivity index (χ0v) is 23.7. The molecule has 14 nitrogen and oxygen atoms in total. The summed E-state index contributed by atoms with van der Waals surface area (Å²) in [6, 6.07) is -0.954. The first-order valence-corrected chi connectivity index (χ1v) is 13.5. The summed E-state index contributed by atoms with van der Waals surface area (Å²) in [7, 11) is 0. The number of hydrogen-bond acceptors (Lipinski definition) is 10. The number of allylic oxidation sites excluding steroid dienone is 2. The molecule has 0 bridgehead atoms. The molecule has 0 radical (unpaired) electrons. The van der Waals surface area contributed by atoms with Gasteiger partial charge in [-0.2, -0.15) is 0 Å². The van der Waals surface area contributed by atoms with Gasteiger partial charge in [-0.25, -0.2) is 14.5 Å². The Morgan fingerprint density at radius 3 is 1.93 bits per heavy atom. The van der Waals surface area contributed by atoms with Crippen LogP contribution in [-0.4, -0.2) is 80.1 Å². The van der Waals surface area contributed by atoms with Gasteiger partial charge >= 0.3 is 23.7 Å². The van der Waals surface area contributed by atoms with Crippen molar-refractivity contribution in [1.29, 1.82) is 0 Å². The molecule has 1 aliphatic rings. The van der Waals surface area contributed by atoms with Crippen molar-refractivity contribution < 1.29 is 38.6 Å². The lowest BCUT2D eigenvalue weighted by Crippen LogP contribution is -2.57. The Balaban J connectivity index is 2.59. The van der Waals surface area contributed by atoms with Crippen LogP contribution >= 0.6 is 0 Å². The molecule has 2 heterocycles. The van der Waals surface area contributed by atoms with Gasteiger partial charge in [0.15, 0.2) is 0 Å². The van der Waals surface area contributed by atoms with Crippen molar-refractivity contribution in [2.45, 2.75) is 66.5 Å². The molecule has 1 aromatic rings. The van der Waals surface area contributed by atoms with Gasteiger partial charge in [-0.1, -0.05) is 32.8 Å². The van der Waals surface area contributed by atoms with E-state index in [1.54, 1.807) is 13.8 Å². The van der Waals surface area contributed by atoms with E-state index in [4.69, 9.17) is 9.47 Å². The maximum Gasteiger partial charge on any atom is 0.334 e. The van der Waals surface area contributed by atoms with Crippen LogP contribution in [0.5, 0.6) is 5.88 Å². The molecular formula is C27H36N4O10. The number of hydrogen-bond donors (Lipinski definition) is 1. The largest absolute Gasteiger partial charge is 0.494 e. The Bertz CT molecular complexity index is 1350. The van der Waals surface area contributed by atoms with Crippen LogP contribution in [0, 0.1) is 0 Å². The summed E-state index contributed by atoms with van der Waals surface area (Å²) in [6.07, 6.45) is 5.47. The molecule has 0 aromatic carbocycles. The van der Waals surface area contributed by atoms with Gasteiger partial charge < -0.3 is 14.6 Å². The Morgan fingerprint density at radius 1 is 0.780 bits per heavy atom. The molecule has 2 rings (SSSR count). The van der Waals surface area contributed by atoms with Gasteiger partial charge in [0, 0.05) is 13.1 Å². The van der Waals surface area contributed by atoms with E-state index >= 15 is 0 Å². The van der Waals surface area contributed by atoms with Crippen molar-refractivity contribution in [1.82, 2.24) is 18.9 Å². The molecule has 0 aliphatic carbocycles. The van der Waals surface area contributed by atoms with E-state index in [9.17, 15) is 38.7 Å². The Morgan fingerprint density at radius 2 is 1.34 bits per heavy atom. The normalized spacial score (nSPS) is 14.8. The molecule has 0 atom stereocenters. The summed E-state index contributed by atoms with van der Waals surface area (Å²) >= 11 is 0. The molecule has 4 amide bonds. The SMILES string of the molecule is CCCCN1C(=O)/C(=C/C=C/c2c(O)n(CC(=O)OCC)c(=O)n(CCCC)c2=O)C(=O)N(CC(=O)OCC)C1=O. The van der Waals surface area contributed by atoms with Crippen molar-refractivity contribution in [3.63, 3.8) is 0 Å². The molecule has 1 saturated heterocycles. The smallest absolute Gasteiger partial charge is 0.334 e. The first kappa shape index (κ1) is 32.7. The van der Waals surface area contributed by atoms with E-state index in [2.05, 4.69) is 0 Å². The molecule has 1 aliphatic heterocycles. The van der Waals surface area contributed by atoms with E-state index < -0.39 is 65.6 Å². The molecule has 14 heteroatoms. The van der Waals surface area contributed by atoms with Crippen molar-refractivity contribution in [3.8, 4) is 5.88 Å². The molecule has 1 aromatic heterocycles. The van der Waals surface area contributed by atoms with Crippen molar-refractivity contribution >= 4 is 35.9 Å². The first-order valence-electron chi connectivity index (χ1n) is 13.5. The molecule has 224 valence electrons. The van der Waals surface area contributed by atoms with Crippen LogP contribution in [0.15, 0.2) is 27.3 Å². The number of urea groups is 1. The van der Waals surface area contributed by atoms with Gasteiger partial charge in [-0.15, -0.1) is 0 Å². The maximum atomic E-state index is 13.1. The Kier molecular flexibility index (Phi) is 12.2. The number of ether oxygens (including phenoxy) is 2. The highest BCUT2D eigenvalue weighted by atomic mass is 16.5. The van der Waals surface area contributed by atoms with Crippen LogP contribution in [0.25, 0.3) is 6.08 Å². The number of carbonyl (C=O) groups excluding carboxylic acids is 5. The van der Waals surface area contributed by atoms with Gasteiger partial charge in [-0.05, 0) is 38.8 Å². The molecule has 41 heavy (non-hydrogen) atoms. The van der Waals surface area contributed by atoms with Crippen LogP contribution in [0.2, 0.25) is 0 Å². The number of amides is 4. The van der Waals surface area contributed by atoms with Gasteiger partial charge in [0.2, 0.25) is 5.88 Å². The number of unbranched alkanes of at least 4 members (excludes halogenated alkanes) is 2. The summed E-state index contributed by atoms with van der Waals surface area (Å²) in [4.78, 5) is 90.5. The number of imide groups is 2. The zero-order chi connectivity index (χ0) is 30.7. The molecule has 0 unspecified atom stereocenters. The number of aromatic hydroxyl groups is 1. The minimum Gasteiger partial charge on any atom is -0.494 e.